The Bertz CT molecular complexity index is 866. The fraction of sp³-hybridized carbons (Fsp3) is 0.400. The van der Waals surface area contributed by atoms with Crippen molar-refractivity contribution in [1.82, 2.24) is 4.90 Å². The Kier molecular flexibility index (Phi) is 7.53. The lowest BCUT2D eigenvalue weighted by Gasteiger charge is -2.27. The Morgan fingerprint density at radius 1 is 0.964 bits per heavy atom. The summed E-state index contributed by atoms with van der Waals surface area (Å²) in [7, 11) is -2.24. The van der Waals surface area contributed by atoms with Gasteiger partial charge in [-0.25, -0.2) is 8.42 Å². The van der Waals surface area contributed by atoms with Crippen LogP contribution in [0.25, 0.3) is 0 Å². The van der Waals surface area contributed by atoms with Gasteiger partial charge in [-0.05, 0) is 62.5 Å². The van der Waals surface area contributed by atoms with Crippen molar-refractivity contribution in [3.63, 3.8) is 0 Å². The monoisotopic (exact) mass is 406 g/mol. The second-order valence-electron chi connectivity index (χ2n) is 6.45. The molecular formula is C20H30N4O3S. The highest BCUT2D eigenvalue weighted by Crippen LogP contribution is 2.32. The predicted molar refractivity (Wildman–Crippen MR) is 115 cm³/mol. The number of sulfonamides is 1. The molecule has 0 aliphatic carbocycles. The largest absolute Gasteiger partial charge is 0.497 e. The van der Waals surface area contributed by atoms with E-state index in [-0.39, 0.29) is 4.90 Å². The molecule has 0 aliphatic heterocycles. The molecule has 0 aromatic heterocycles. The van der Waals surface area contributed by atoms with Crippen molar-refractivity contribution in [3.8, 4) is 5.75 Å². The Labute approximate surface area is 167 Å². The third kappa shape index (κ3) is 5.08. The summed E-state index contributed by atoms with van der Waals surface area (Å²) in [5.41, 5.74) is 13.2. The van der Waals surface area contributed by atoms with E-state index in [0.717, 1.165) is 19.6 Å². The van der Waals surface area contributed by atoms with Crippen molar-refractivity contribution in [2.45, 2.75) is 25.2 Å². The summed E-state index contributed by atoms with van der Waals surface area (Å²) in [6.07, 6.45) is 0.682. The van der Waals surface area contributed by atoms with Gasteiger partial charge >= 0.3 is 0 Å². The number of benzene rings is 2. The number of nitrogens with two attached hydrogens (primary N) is 2. The third-order valence-corrected chi connectivity index (χ3v) is 6.53. The highest BCUT2D eigenvalue weighted by molar-refractivity contribution is 7.92. The molecule has 0 saturated carbocycles. The van der Waals surface area contributed by atoms with Gasteiger partial charge in [0.05, 0.1) is 23.4 Å². The maximum Gasteiger partial charge on any atom is 0.264 e. The Morgan fingerprint density at radius 2 is 1.61 bits per heavy atom. The van der Waals surface area contributed by atoms with Crippen LogP contribution in [0.2, 0.25) is 0 Å². The van der Waals surface area contributed by atoms with E-state index >= 15 is 0 Å². The first-order chi connectivity index (χ1) is 13.3. The van der Waals surface area contributed by atoms with Crippen molar-refractivity contribution >= 4 is 27.1 Å². The second kappa shape index (κ2) is 9.66. The zero-order valence-corrected chi connectivity index (χ0v) is 17.6. The minimum atomic E-state index is -3.79. The fourth-order valence-corrected chi connectivity index (χ4v) is 4.53. The highest BCUT2D eigenvalue weighted by atomic mass is 32.2. The van der Waals surface area contributed by atoms with Crippen molar-refractivity contribution < 1.29 is 13.2 Å². The first-order valence-electron chi connectivity index (χ1n) is 9.37. The molecule has 28 heavy (non-hydrogen) atoms. The highest BCUT2D eigenvalue weighted by Gasteiger charge is 2.26. The number of hydrogen-bond acceptors (Lipinski definition) is 6. The Balaban J connectivity index is 2.39. The maximum atomic E-state index is 13.4. The lowest BCUT2D eigenvalue weighted by atomic mass is 10.2. The summed E-state index contributed by atoms with van der Waals surface area (Å²) in [4.78, 5) is 2.44. The molecular weight excluding hydrogens is 376 g/mol. The molecule has 0 unspecified atom stereocenters. The number of methoxy groups -OCH3 is 1. The van der Waals surface area contributed by atoms with Crippen LogP contribution in [0.3, 0.4) is 0 Å². The number of nitrogens with zero attached hydrogens (tertiary/aromatic N) is 2. The molecule has 2 aromatic carbocycles. The molecule has 0 bridgehead atoms. The SMILES string of the molecule is CCN(CC)CCCN(c1ccc(OC)cc1N)S(=O)(=O)c1ccc(N)cc1. The summed E-state index contributed by atoms with van der Waals surface area (Å²) in [6.45, 7) is 7.15. The van der Waals surface area contributed by atoms with Gasteiger partial charge in [0.1, 0.15) is 5.75 Å². The van der Waals surface area contributed by atoms with E-state index in [2.05, 4.69) is 18.7 Å². The van der Waals surface area contributed by atoms with Crippen molar-refractivity contribution in [2.75, 3.05) is 49.1 Å². The zero-order valence-electron chi connectivity index (χ0n) is 16.8. The van der Waals surface area contributed by atoms with Crippen molar-refractivity contribution in [2.24, 2.45) is 0 Å². The van der Waals surface area contributed by atoms with Crippen molar-refractivity contribution in [3.05, 3.63) is 42.5 Å². The van der Waals surface area contributed by atoms with Gasteiger partial charge < -0.3 is 21.1 Å². The maximum absolute atomic E-state index is 13.4. The molecule has 0 saturated heterocycles. The predicted octanol–water partition coefficient (Wildman–Crippen LogP) is 2.79. The summed E-state index contributed by atoms with van der Waals surface area (Å²) >= 11 is 0. The molecule has 0 radical (unpaired) electrons. The van der Waals surface area contributed by atoms with E-state index in [1.807, 2.05) is 0 Å². The molecule has 0 amide bonds. The van der Waals surface area contributed by atoms with E-state index in [0.29, 0.717) is 35.8 Å². The normalized spacial score (nSPS) is 11.6. The minimum absolute atomic E-state index is 0.180. The molecule has 0 spiro atoms. The molecule has 0 atom stereocenters. The second-order valence-corrected chi connectivity index (χ2v) is 8.31. The first-order valence-corrected chi connectivity index (χ1v) is 10.8. The van der Waals surface area contributed by atoms with E-state index in [1.54, 1.807) is 37.4 Å². The summed E-state index contributed by atoms with van der Waals surface area (Å²) in [6, 6.07) is 11.2. The smallest absolute Gasteiger partial charge is 0.264 e. The summed E-state index contributed by atoms with van der Waals surface area (Å²) < 4.78 is 33.3. The number of anilines is 3. The average Bonchev–Trinajstić information content (AvgIpc) is 2.69. The molecule has 7 nitrogen and oxygen atoms in total. The molecule has 8 heteroatoms. The lowest BCUT2D eigenvalue weighted by Crippen LogP contribution is -2.35. The van der Waals surface area contributed by atoms with Crippen LogP contribution in [0, 0.1) is 0 Å². The number of hydrogen-bond donors (Lipinski definition) is 2. The standard InChI is InChI=1S/C20H30N4O3S/c1-4-23(5-2)13-6-14-24(20-12-9-17(27-3)15-19(20)22)28(25,26)18-10-7-16(21)8-11-18/h7-12,15H,4-6,13-14,21-22H2,1-3H3. The fourth-order valence-electron chi connectivity index (χ4n) is 3.00. The van der Waals surface area contributed by atoms with Gasteiger partial charge in [0.2, 0.25) is 0 Å². The van der Waals surface area contributed by atoms with Gasteiger partial charge in [0, 0.05) is 18.3 Å². The van der Waals surface area contributed by atoms with Gasteiger partial charge in [0.25, 0.3) is 10.0 Å². The number of nitrogen functional groups attached to an aromatic ring is 2. The molecule has 2 rings (SSSR count). The van der Waals surface area contributed by atoms with Gasteiger partial charge in [-0.15, -0.1) is 0 Å². The Hall–Kier alpha value is -2.45. The van der Waals surface area contributed by atoms with E-state index in [9.17, 15) is 8.42 Å². The van der Waals surface area contributed by atoms with E-state index in [4.69, 9.17) is 16.2 Å². The van der Waals surface area contributed by atoms with Gasteiger partial charge in [0.15, 0.2) is 0 Å². The molecule has 0 aliphatic rings. The summed E-state index contributed by atoms with van der Waals surface area (Å²) in [5, 5.41) is 0. The number of rotatable bonds is 10. The number of ether oxygens (including phenoxy) is 1. The van der Waals surface area contributed by atoms with Gasteiger partial charge in [-0.1, -0.05) is 13.8 Å². The molecule has 154 valence electrons. The Morgan fingerprint density at radius 3 is 2.14 bits per heavy atom. The molecule has 2 aromatic rings. The summed E-state index contributed by atoms with van der Waals surface area (Å²) in [5.74, 6) is 0.578. The third-order valence-electron chi connectivity index (χ3n) is 4.70. The van der Waals surface area contributed by atoms with Gasteiger partial charge in [-0.2, -0.15) is 0 Å². The van der Waals surface area contributed by atoms with Crippen LogP contribution in [0.1, 0.15) is 20.3 Å². The lowest BCUT2D eigenvalue weighted by molar-refractivity contribution is 0.302. The quantitative estimate of drug-likeness (QED) is 0.588. The van der Waals surface area contributed by atoms with Crippen LogP contribution in [0.5, 0.6) is 5.75 Å². The van der Waals surface area contributed by atoms with Crippen LogP contribution in [-0.2, 0) is 10.0 Å². The van der Waals surface area contributed by atoms with Crippen LogP contribution in [0.15, 0.2) is 47.4 Å². The minimum Gasteiger partial charge on any atom is -0.497 e. The van der Waals surface area contributed by atoms with E-state index in [1.165, 1.54) is 16.4 Å². The molecule has 4 N–H and O–H groups in total. The van der Waals surface area contributed by atoms with Crippen molar-refractivity contribution in [1.29, 1.82) is 0 Å². The van der Waals surface area contributed by atoms with E-state index < -0.39 is 10.0 Å². The topological polar surface area (TPSA) is 102 Å². The zero-order chi connectivity index (χ0) is 20.7. The van der Waals surface area contributed by atoms with Crippen LogP contribution in [-0.4, -0.2) is 46.6 Å². The van der Waals surface area contributed by atoms with Crippen LogP contribution < -0.4 is 20.5 Å². The molecule has 0 heterocycles. The van der Waals surface area contributed by atoms with Crippen LogP contribution >= 0.6 is 0 Å². The average molecular weight is 407 g/mol. The first kappa shape index (κ1) is 21.8. The van der Waals surface area contributed by atoms with Crippen LogP contribution in [0.4, 0.5) is 17.1 Å². The van der Waals surface area contributed by atoms with Gasteiger partial charge in [-0.3, -0.25) is 4.31 Å². The molecule has 0 fully saturated rings.